The first-order valence-corrected chi connectivity index (χ1v) is 10.7. The lowest BCUT2D eigenvalue weighted by Crippen LogP contribution is -2.24. The molecule has 32 heavy (non-hydrogen) atoms. The van der Waals surface area contributed by atoms with Gasteiger partial charge in [-0.2, -0.15) is 0 Å². The molecule has 5 heteroatoms. The predicted octanol–water partition coefficient (Wildman–Crippen LogP) is 5.20. The van der Waals surface area contributed by atoms with Crippen molar-refractivity contribution in [3.63, 3.8) is 0 Å². The van der Waals surface area contributed by atoms with Crippen molar-refractivity contribution in [1.29, 1.82) is 0 Å². The summed E-state index contributed by atoms with van der Waals surface area (Å²) in [6.07, 6.45) is 0. The summed E-state index contributed by atoms with van der Waals surface area (Å²) in [6, 6.07) is 17.9. The molecule has 0 fully saturated rings. The van der Waals surface area contributed by atoms with Gasteiger partial charge in [0.05, 0.1) is 0 Å². The number of hydrogen-bond acceptors (Lipinski definition) is 4. The van der Waals surface area contributed by atoms with Crippen molar-refractivity contribution in [2.24, 2.45) is 0 Å². The number of benzene rings is 3. The topological polar surface area (TPSA) is 56.8 Å². The first-order valence-electron chi connectivity index (χ1n) is 10.7. The number of aryl methyl sites for hydroxylation is 4. The molecule has 1 amide bonds. The zero-order chi connectivity index (χ0) is 23.1. The molecule has 0 saturated carbocycles. The number of amides is 1. The second kappa shape index (κ2) is 10.7. The Morgan fingerprint density at radius 1 is 0.656 bits per heavy atom. The third kappa shape index (κ3) is 6.51. The molecule has 0 saturated heterocycles. The molecule has 0 aliphatic carbocycles. The van der Waals surface area contributed by atoms with Gasteiger partial charge in [-0.25, -0.2) is 0 Å². The van der Waals surface area contributed by atoms with Gasteiger partial charge < -0.3 is 19.5 Å². The zero-order valence-corrected chi connectivity index (χ0v) is 19.5. The average Bonchev–Trinajstić information content (AvgIpc) is 2.79. The highest BCUT2D eigenvalue weighted by atomic mass is 16.5. The van der Waals surface area contributed by atoms with Gasteiger partial charge in [0.25, 0.3) is 5.91 Å². The maximum atomic E-state index is 11.6. The van der Waals surface area contributed by atoms with E-state index in [4.69, 9.17) is 14.2 Å². The molecule has 0 bridgehead atoms. The van der Waals surface area contributed by atoms with Crippen LogP contribution in [-0.4, -0.2) is 19.6 Å². The molecule has 5 nitrogen and oxygen atoms in total. The van der Waals surface area contributed by atoms with Crippen molar-refractivity contribution in [1.82, 2.24) is 5.32 Å². The highest BCUT2D eigenvalue weighted by Gasteiger charge is 2.08. The maximum absolute atomic E-state index is 11.6. The summed E-state index contributed by atoms with van der Waals surface area (Å²) in [5.41, 5.74) is 6.72. The molecule has 0 radical (unpaired) electrons. The molecule has 0 unspecified atom stereocenters. The molecule has 0 spiro atoms. The smallest absolute Gasteiger partial charge is 0.257 e. The summed E-state index contributed by atoms with van der Waals surface area (Å²) in [5, 5.41) is 2.56. The summed E-state index contributed by atoms with van der Waals surface area (Å²) in [4.78, 5) is 11.6. The number of hydrogen-bond donors (Lipinski definition) is 1. The monoisotopic (exact) mass is 433 g/mol. The van der Waals surface area contributed by atoms with E-state index in [-0.39, 0.29) is 12.5 Å². The van der Waals surface area contributed by atoms with Gasteiger partial charge in [0.2, 0.25) is 0 Å². The quantitative estimate of drug-likeness (QED) is 0.504. The van der Waals surface area contributed by atoms with Crippen LogP contribution in [-0.2, 0) is 18.0 Å². The van der Waals surface area contributed by atoms with Gasteiger partial charge in [0, 0.05) is 7.05 Å². The van der Waals surface area contributed by atoms with E-state index in [0.29, 0.717) is 19.0 Å². The molecule has 3 aromatic carbocycles. The fraction of sp³-hybridized carbons (Fsp3) is 0.296. The standard InChI is InChI=1S/C27H31NO4/c1-18-6-8-24(10-20(18)3)30-15-22-12-23(14-26(13-22)32-17-27(29)28-5)16-31-25-9-7-19(2)21(4)11-25/h6-14H,15-17H2,1-5H3,(H,28,29). The Bertz CT molecular complexity index is 1020. The van der Waals surface area contributed by atoms with Gasteiger partial charge in [0.1, 0.15) is 30.5 Å². The maximum Gasteiger partial charge on any atom is 0.257 e. The molecule has 0 heterocycles. The minimum absolute atomic E-state index is 0.0462. The third-order valence-corrected chi connectivity index (χ3v) is 5.44. The van der Waals surface area contributed by atoms with Crippen LogP contribution in [0.15, 0.2) is 54.6 Å². The van der Waals surface area contributed by atoms with Crippen molar-refractivity contribution in [2.45, 2.75) is 40.9 Å². The largest absolute Gasteiger partial charge is 0.489 e. The predicted molar refractivity (Wildman–Crippen MR) is 126 cm³/mol. The van der Waals surface area contributed by atoms with E-state index in [1.54, 1.807) is 7.05 Å². The highest BCUT2D eigenvalue weighted by Crippen LogP contribution is 2.23. The van der Waals surface area contributed by atoms with E-state index in [2.05, 4.69) is 45.1 Å². The van der Waals surface area contributed by atoms with Gasteiger partial charge in [-0.15, -0.1) is 0 Å². The SMILES string of the molecule is CNC(=O)COc1cc(COc2ccc(C)c(C)c2)cc(COc2ccc(C)c(C)c2)c1. The first-order chi connectivity index (χ1) is 15.3. The number of nitrogens with one attached hydrogen (secondary N) is 1. The van der Waals surface area contributed by atoms with Crippen LogP contribution in [0.1, 0.15) is 33.4 Å². The van der Waals surface area contributed by atoms with Gasteiger partial charge in [0.15, 0.2) is 6.61 Å². The Labute approximate surface area is 190 Å². The molecule has 0 aliphatic heterocycles. The first kappa shape index (κ1) is 23.2. The lowest BCUT2D eigenvalue weighted by Gasteiger charge is -2.14. The van der Waals surface area contributed by atoms with Crippen molar-refractivity contribution in [2.75, 3.05) is 13.7 Å². The molecule has 0 aromatic heterocycles. The van der Waals surface area contributed by atoms with E-state index in [1.165, 1.54) is 22.3 Å². The third-order valence-electron chi connectivity index (χ3n) is 5.44. The second-order valence-electron chi connectivity index (χ2n) is 8.02. The van der Waals surface area contributed by atoms with E-state index in [9.17, 15) is 4.79 Å². The highest BCUT2D eigenvalue weighted by molar-refractivity contribution is 5.77. The van der Waals surface area contributed by atoms with E-state index < -0.39 is 0 Å². The fourth-order valence-electron chi connectivity index (χ4n) is 3.14. The van der Waals surface area contributed by atoms with Crippen LogP contribution in [0, 0.1) is 27.7 Å². The van der Waals surface area contributed by atoms with Crippen molar-refractivity contribution < 1.29 is 19.0 Å². The Morgan fingerprint density at radius 2 is 1.16 bits per heavy atom. The molecular weight excluding hydrogens is 402 g/mol. The summed E-state index contributed by atoms with van der Waals surface area (Å²) in [7, 11) is 1.59. The summed E-state index contributed by atoms with van der Waals surface area (Å²) >= 11 is 0. The number of rotatable bonds is 9. The van der Waals surface area contributed by atoms with Crippen LogP contribution < -0.4 is 19.5 Å². The van der Waals surface area contributed by atoms with Crippen LogP contribution in [0.5, 0.6) is 17.2 Å². The normalized spacial score (nSPS) is 10.5. The number of ether oxygens (including phenoxy) is 3. The number of likely N-dealkylation sites (N-methyl/N-ethyl adjacent to an activating group) is 1. The Kier molecular flexibility index (Phi) is 7.77. The number of carbonyl (C=O) groups is 1. The van der Waals surface area contributed by atoms with E-state index >= 15 is 0 Å². The summed E-state index contributed by atoms with van der Waals surface area (Å²) in [6.45, 7) is 9.01. The zero-order valence-electron chi connectivity index (χ0n) is 19.5. The van der Waals surface area contributed by atoms with Crippen molar-refractivity contribution >= 4 is 5.91 Å². The van der Waals surface area contributed by atoms with Crippen molar-refractivity contribution in [3.8, 4) is 17.2 Å². The lowest BCUT2D eigenvalue weighted by molar-refractivity contribution is -0.122. The van der Waals surface area contributed by atoms with Crippen LogP contribution in [0.3, 0.4) is 0 Å². The van der Waals surface area contributed by atoms with E-state index in [0.717, 1.165) is 22.6 Å². The lowest BCUT2D eigenvalue weighted by atomic mass is 10.1. The van der Waals surface area contributed by atoms with Gasteiger partial charge in [-0.3, -0.25) is 4.79 Å². The molecule has 168 valence electrons. The molecule has 0 atom stereocenters. The average molecular weight is 434 g/mol. The van der Waals surface area contributed by atoms with Gasteiger partial charge >= 0.3 is 0 Å². The fourth-order valence-corrected chi connectivity index (χ4v) is 3.14. The Hall–Kier alpha value is -3.47. The van der Waals surface area contributed by atoms with Gasteiger partial charge in [-0.05, 0) is 104 Å². The van der Waals surface area contributed by atoms with Crippen LogP contribution in [0.2, 0.25) is 0 Å². The Morgan fingerprint density at radius 3 is 1.59 bits per heavy atom. The second-order valence-corrected chi connectivity index (χ2v) is 8.02. The van der Waals surface area contributed by atoms with Crippen LogP contribution >= 0.6 is 0 Å². The minimum Gasteiger partial charge on any atom is -0.489 e. The molecule has 0 aliphatic rings. The van der Waals surface area contributed by atoms with E-state index in [1.807, 2.05) is 42.5 Å². The van der Waals surface area contributed by atoms with Crippen LogP contribution in [0.25, 0.3) is 0 Å². The Balaban J connectivity index is 1.75. The molecule has 1 N–H and O–H groups in total. The molecule has 3 aromatic rings. The molecule has 3 rings (SSSR count). The molecular formula is C27H31NO4. The summed E-state index contributed by atoms with van der Waals surface area (Å²) in [5.74, 6) is 2.05. The number of carbonyl (C=O) groups excluding carboxylic acids is 1. The minimum atomic E-state index is -0.185. The van der Waals surface area contributed by atoms with Crippen molar-refractivity contribution in [3.05, 3.63) is 88.0 Å². The van der Waals surface area contributed by atoms with Gasteiger partial charge in [-0.1, -0.05) is 12.1 Å². The van der Waals surface area contributed by atoms with Crippen LogP contribution in [0.4, 0.5) is 0 Å². The summed E-state index contributed by atoms with van der Waals surface area (Å²) < 4.78 is 17.7.